The van der Waals surface area contributed by atoms with Crippen LogP contribution in [0, 0.1) is 3.57 Å². The van der Waals surface area contributed by atoms with Crippen LogP contribution in [0.2, 0.25) is 0 Å². The van der Waals surface area contributed by atoms with Crippen LogP contribution >= 0.6 is 22.6 Å². The van der Waals surface area contributed by atoms with E-state index < -0.39 is 5.97 Å². The molecule has 0 atom stereocenters. The number of rotatable bonds is 2. The van der Waals surface area contributed by atoms with Gasteiger partial charge in [-0.1, -0.05) is 23.4 Å². The minimum Gasteiger partial charge on any atom is -0.476 e. The topological polar surface area (TPSA) is 63.3 Å². The number of hydrogen-bond donors (Lipinski definition) is 1. The molecule has 0 saturated heterocycles. The van der Waals surface area contributed by atoms with Gasteiger partial charge in [0, 0.05) is 15.2 Å². The molecule has 1 aromatic heterocycles. The van der Waals surface area contributed by atoms with Crippen LogP contribution in [-0.2, 0) is 0 Å². The van der Waals surface area contributed by atoms with E-state index in [9.17, 15) is 4.79 Å². The van der Waals surface area contributed by atoms with Crippen LogP contribution in [-0.4, -0.2) is 16.2 Å². The number of aromatic carboxylic acids is 1. The van der Waals surface area contributed by atoms with E-state index in [2.05, 4.69) is 27.7 Å². The molecule has 1 heterocycles. The maximum atomic E-state index is 10.6. The highest BCUT2D eigenvalue weighted by Crippen LogP contribution is 2.25. The molecule has 0 aliphatic carbocycles. The van der Waals surface area contributed by atoms with E-state index >= 15 is 0 Å². The second kappa shape index (κ2) is 4.01. The van der Waals surface area contributed by atoms with E-state index in [4.69, 9.17) is 9.63 Å². The highest BCUT2D eigenvalue weighted by atomic mass is 127. The van der Waals surface area contributed by atoms with Gasteiger partial charge in [-0.25, -0.2) is 4.79 Å². The minimum absolute atomic E-state index is 0.0790. The fraction of sp³-hybridized carbons (Fsp3) is 0. The summed E-state index contributed by atoms with van der Waals surface area (Å²) in [5, 5.41) is 12.1. The Labute approximate surface area is 99.0 Å². The Balaban J connectivity index is 2.46. The average Bonchev–Trinajstić information content (AvgIpc) is 2.67. The third-order valence-corrected chi connectivity index (χ3v) is 2.81. The first-order valence-corrected chi connectivity index (χ1v) is 5.21. The number of halogens is 1. The SMILES string of the molecule is O=C(O)c1cc(-c2ccccc2I)on1. The Morgan fingerprint density at radius 3 is 2.73 bits per heavy atom. The first-order valence-electron chi connectivity index (χ1n) is 4.13. The van der Waals surface area contributed by atoms with E-state index in [0.29, 0.717) is 5.76 Å². The molecule has 2 rings (SSSR count). The summed E-state index contributed by atoms with van der Waals surface area (Å²) in [6.07, 6.45) is 0. The Bertz CT molecular complexity index is 507. The smallest absolute Gasteiger partial charge is 0.358 e. The van der Waals surface area contributed by atoms with E-state index in [1.807, 2.05) is 24.3 Å². The fourth-order valence-electron chi connectivity index (χ4n) is 1.16. The van der Waals surface area contributed by atoms with Crippen LogP contribution in [0.5, 0.6) is 0 Å². The fourth-order valence-corrected chi connectivity index (χ4v) is 1.82. The maximum Gasteiger partial charge on any atom is 0.358 e. The minimum atomic E-state index is -1.09. The number of carboxylic acid groups (broad SMARTS) is 1. The summed E-state index contributed by atoms with van der Waals surface area (Å²) < 4.78 is 5.95. The molecule has 0 saturated carbocycles. The third-order valence-electron chi connectivity index (χ3n) is 1.87. The number of nitrogens with zero attached hydrogens (tertiary/aromatic N) is 1. The molecule has 0 bridgehead atoms. The van der Waals surface area contributed by atoms with Crippen molar-refractivity contribution < 1.29 is 14.4 Å². The van der Waals surface area contributed by atoms with E-state index in [1.165, 1.54) is 6.07 Å². The van der Waals surface area contributed by atoms with Crippen LogP contribution in [0.1, 0.15) is 10.5 Å². The molecule has 4 nitrogen and oxygen atoms in total. The molecular formula is C10H6INO3. The predicted molar refractivity (Wildman–Crippen MR) is 61.6 cm³/mol. The molecule has 0 fully saturated rings. The molecule has 0 radical (unpaired) electrons. The molecule has 15 heavy (non-hydrogen) atoms. The lowest BCUT2D eigenvalue weighted by Gasteiger charge is -1.97. The van der Waals surface area contributed by atoms with Crippen LogP contribution in [0.25, 0.3) is 11.3 Å². The van der Waals surface area contributed by atoms with Crippen molar-refractivity contribution in [3.05, 3.63) is 39.6 Å². The Hall–Kier alpha value is -1.37. The number of hydrogen-bond acceptors (Lipinski definition) is 3. The van der Waals surface area contributed by atoms with Gasteiger partial charge in [-0.15, -0.1) is 0 Å². The Morgan fingerprint density at radius 2 is 2.13 bits per heavy atom. The quantitative estimate of drug-likeness (QED) is 0.866. The number of benzene rings is 1. The molecule has 5 heteroatoms. The van der Waals surface area contributed by atoms with Crippen molar-refractivity contribution in [1.29, 1.82) is 0 Å². The van der Waals surface area contributed by atoms with Gasteiger partial charge in [0.05, 0.1) is 0 Å². The lowest BCUT2D eigenvalue weighted by molar-refractivity contribution is 0.0686. The second-order valence-corrected chi connectivity index (χ2v) is 4.02. The van der Waals surface area contributed by atoms with Gasteiger partial charge < -0.3 is 9.63 Å². The molecule has 76 valence electrons. The molecule has 0 aliphatic heterocycles. The van der Waals surface area contributed by atoms with Crippen molar-refractivity contribution in [2.24, 2.45) is 0 Å². The van der Waals surface area contributed by atoms with Gasteiger partial charge >= 0.3 is 5.97 Å². The van der Waals surface area contributed by atoms with Crippen LogP contribution < -0.4 is 0 Å². The Morgan fingerprint density at radius 1 is 1.40 bits per heavy atom. The second-order valence-electron chi connectivity index (χ2n) is 2.86. The predicted octanol–water partition coefficient (Wildman–Crippen LogP) is 2.64. The first-order chi connectivity index (χ1) is 7.18. The highest BCUT2D eigenvalue weighted by Gasteiger charge is 2.13. The van der Waals surface area contributed by atoms with Gasteiger partial charge in [-0.05, 0) is 28.7 Å². The normalized spacial score (nSPS) is 10.2. The monoisotopic (exact) mass is 315 g/mol. The molecule has 0 amide bonds. The lowest BCUT2D eigenvalue weighted by Crippen LogP contribution is -1.94. The first kappa shape index (κ1) is 10.2. The number of carboxylic acids is 1. The maximum absolute atomic E-state index is 10.6. The Kier molecular flexibility index (Phi) is 2.72. The van der Waals surface area contributed by atoms with E-state index in [1.54, 1.807) is 0 Å². The van der Waals surface area contributed by atoms with Crippen molar-refractivity contribution in [2.45, 2.75) is 0 Å². The van der Waals surface area contributed by atoms with Crippen LogP contribution in [0.15, 0.2) is 34.9 Å². The lowest BCUT2D eigenvalue weighted by atomic mass is 10.2. The molecule has 0 spiro atoms. The van der Waals surface area contributed by atoms with Gasteiger partial charge in [-0.3, -0.25) is 0 Å². The zero-order valence-electron chi connectivity index (χ0n) is 7.48. The average molecular weight is 315 g/mol. The summed E-state index contributed by atoms with van der Waals surface area (Å²) in [4.78, 5) is 10.6. The summed E-state index contributed by atoms with van der Waals surface area (Å²) >= 11 is 2.16. The van der Waals surface area contributed by atoms with Gasteiger partial charge in [0.15, 0.2) is 11.5 Å². The molecule has 0 aliphatic rings. The summed E-state index contributed by atoms with van der Waals surface area (Å²) in [7, 11) is 0. The summed E-state index contributed by atoms with van der Waals surface area (Å²) in [6, 6.07) is 8.95. The number of carbonyl (C=O) groups is 1. The summed E-state index contributed by atoms with van der Waals surface area (Å²) in [5.41, 5.74) is 0.766. The van der Waals surface area contributed by atoms with E-state index in [-0.39, 0.29) is 5.69 Å². The molecule has 1 N–H and O–H groups in total. The molecule has 2 aromatic rings. The van der Waals surface area contributed by atoms with Crippen molar-refractivity contribution in [1.82, 2.24) is 5.16 Å². The summed E-state index contributed by atoms with van der Waals surface area (Å²) in [6.45, 7) is 0. The van der Waals surface area contributed by atoms with Crippen molar-refractivity contribution in [3.8, 4) is 11.3 Å². The zero-order valence-corrected chi connectivity index (χ0v) is 9.63. The van der Waals surface area contributed by atoms with E-state index in [0.717, 1.165) is 9.13 Å². The van der Waals surface area contributed by atoms with Crippen LogP contribution in [0.4, 0.5) is 0 Å². The van der Waals surface area contributed by atoms with Gasteiger partial charge in [0.2, 0.25) is 0 Å². The molecular weight excluding hydrogens is 309 g/mol. The summed E-state index contributed by atoms with van der Waals surface area (Å²) in [5.74, 6) is -0.617. The standard InChI is InChI=1S/C10H6INO3/c11-7-4-2-1-3-6(7)9-5-8(10(13)14)12-15-9/h1-5H,(H,13,14). The zero-order chi connectivity index (χ0) is 10.8. The largest absolute Gasteiger partial charge is 0.476 e. The van der Waals surface area contributed by atoms with Gasteiger partial charge in [-0.2, -0.15) is 0 Å². The van der Waals surface area contributed by atoms with Crippen molar-refractivity contribution in [2.75, 3.05) is 0 Å². The van der Waals surface area contributed by atoms with Gasteiger partial charge in [0.25, 0.3) is 0 Å². The third kappa shape index (κ3) is 2.01. The van der Waals surface area contributed by atoms with Crippen LogP contribution in [0.3, 0.4) is 0 Å². The van der Waals surface area contributed by atoms with Crippen molar-refractivity contribution in [3.63, 3.8) is 0 Å². The molecule has 0 unspecified atom stereocenters. The molecule has 1 aromatic carbocycles. The van der Waals surface area contributed by atoms with Gasteiger partial charge in [0.1, 0.15) is 0 Å². The van der Waals surface area contributed by atoms with Crippen molar-refractivity contribution >= 4 is 28.6 Å². The highest BCUT2D eigenvalue weighted by molar-refractivity contribution is 14.1. The number of aromatic nitrogens is 1.